The number of pyridine rings is 1. The number of halogens is 3. The molecule has 3 aromatic rings. The van der Waals surface area contributed by atoms with Gasteiger partial charge in [0.1, 0.15) is 5.75 Å². The molecule has 2 aromatic carbocycles. The summed E-state index contributed by atoms with van der Waals surface area (Å²) in [5.74, 6) is 0.244. The quantitative estimate of drug-likeness (QED) is 0.491. The number of benzene rings is 2. The Labute approximate surface area is 138 Å². The molecule has 0 unspecified atom stereocenters. The van der Waals surface area contributed by atoms with Crippen LogP contribution in [-0.2, 0) is 12.7 Å². The van der Waals surface area contributed by atoms with E-state index in [4.69, 9.17) is 4.74 Å². The molecule has 0 N–H and O–H groups in total. The van der Waals surface area contributed by atoms with Crippen molar-refractivity contribution < 1.29 is 22.5 Å². The van der Waals surface area contributed by atoms with E-state index in [2.05, 4.69) is 16.8 Å². The predicted octanol–water partition coefficient (Wildman–Crippen LogP) is 4.62. The molecule has 0 amide bonds. The van der Waals surface area contributed by atoms with Crippen molar-refractivity contribution in [3.05, 3.63) is 72.6 Å². The molecule has 0 radical (unpaired) electrons. The van der Waals surface area contributed by atoms with Gasteiger partial charge in [-0.25, -0.2) is 4.57 Å². The molecule has 0 aliphatic heterocycles. The third-order valence-corrected chi connectivity index (χ3v) is 3.74. The summed E-state index contributed by atoms with van der Waals surface area (Å²) in [4.78, 5) is 0. The molecule has 124 valence electrons. The topological polar surface area (TPSA) is 13.1 Å². The van der Waals surface area contributed by atoms with Gasteiger partial charge in [-0.15, -0.1) is 0 Å². The van der Waals surface area contributed by atoms with Gasteiger partial charge in [-0.1, -0.05) is 24.3 Å². The van der Waals surface area contributed by atoms with Gasteiger partial charge in [-0.3, -0.25) is 0 Å². The highest BCUT2D eigenvalue weighted by Crippen LogP contribution is 2.31. The Morgan fingerprint density at radius 2 is 1.71 bits per heavy atom. The van der Waals surface area contributed by atoms with E-state index in [-0.39, 0.29) is 5.75 Å². The van der Waals surface area contributed by atoms with Crippen molar-refractivity contribution in [2.24, 2.45) is 0 Å². The van der Waals surface area contributed by atoms with Gasteiger partial charge in [0.15, 0.2) is 18.9 Å². The molecule has 1 heterocycles. The molecule has 3 rings (SSSR count). The molecule has 0 bridgehead atoms. The average molecular weight is 332 g/mol. The monoisotopic (exact) mass is 332 g/mol. The van der Waals surface area contributed by atoms with Crippen LogP contribution in [0.4, 0.5) is 13.2 Å². The van der Waals surface area contributed by atoms with Crippen LogP contribution in [0.3, 0.4) is 0 Å². The first kappa shape index (κ1) is 16.3. The number of fused-ring (bicyclic) bond motifs is 1. The lowest BCUT2D eigenvalue weighted by molar-refractivity contribution is -0.696. The smallest absolute Gasteiger partial charge is 0.416 e. The Morgan fingerprint density at radius 1 is 0.917 bits per heavy atom. The third-order valence-electron chi connectivity index (χ3n) is 3.74. The Morgan fingerprint density at radius 3 is 2.50 bits per heavy atom. The number of hydrogen-bond donors (Lipinski definition) is 0. The Bertz CT molecular complexity index is 830. The molecule has 0 saturated heterocycles. The second-order valence-corrected chi connectivity index (χ2v) is 5.54. The van der Waals surface area contributed by atoms with E-state index in [0.29, 0.717) is 13.0 Å². The minimum atomic E-state index is -4.35. The van der Waals surface area contributed by atoms with E-state index in [1.54, 1.807) is 6.07 Å². The second-order valence-electron chi connectivity index (χ2n) is 5.54. The first-order valence-corrected chi connectivity index (χ1v) is 7.70. The van der Waals surface area contributed by atoms with Crippen LogP contribution in [-0.4, -0.2) is 6.61 Å². The van der Waals surface area contributed by atoms with Crippen LogP contribution in [0.25, 0.3) is 10.8 Å². The van der Waals surface area contributed by atoms with E-state index in [1.165, 1.54) is 11.5 Å². The van der Waals surface area contributed by atoms with Crippen LogP contribution in [0.1, 0.15) is 12.0 Å². The maximum Gasteiger partial charge on any atom is 0.416 e. The van der Waals surface area contributed by atoms with Gasteiger partial charge in [-0.2, -0.15) is 13.2 Å². The van der Waals surface area contributed by atoms with Gasteiger partial charge in [0, 0.05) is 17.9 Å². The fourth-order valence-corrected chi connectivity index (χ4v) is 2.52. The summed E-state index contributed by atoms with van der Waals surface area (Å²) >= 11 is 0. The average Bonchev–Trinajstić information content (AvgIpc) is 2.58. The molecule has 5 heteroatoms. The summed E-state index contributed by atoms with van der Waals surface area (Å²) in [6, 6.07) is 15.1. The molecule has 0 atom stereocenters. The lowest BCUT2D eigenvalue weighted by Crippen LogP contribution is -2.33. The largest absolute Gasteiger partial charge is 0.493 e. The third kappa shape index (κ3) is 4.04. The molecular weight excluding hydrogens is 315 g/mol. The zero-order valence-corrected chi connectivity index (χ0v) is 13.0. The number of nitrogens with zero attached hydrogens (tertiary/aromatic N) is 1. The summed E-state index contributed by atoms with van der Waals surface area (Å²) in [5, 5.41) is 2.33. The Hall–Kier alpha value is -2.56. The summed E-state index contributed by atoms with van der Waals surface area (Å²) < 4.78 is 45.4. The SMILES string of the molecule is FC(F)(F)c1cccc(OCCC[n+]2ccc3ccccc3c2)c1. The number of rotatable bonds is 5. The van der Waals surface area contributed by atoms with Crippen molar-refractivity contribution in [2.75, 3.05) is 6.61 Å². The standard InChI is InChI=1S/C19H17F3NO/c20-19(21,22)17-7-3-8-18(13-17)24-12-4-10-23-11-9-15-5-1-2-6-16(15)14-23/h1-3,5-9,11,13-14H,4,10,12H2/q+1. The predicted molar refractivity (Wildman–Crippen MR) is 85.7 cm³/mol. The van der Waals surface area contributed by atoms with Gasteiger partial charge < -0.3 is 4.74 Å². The molecule has 0 saturated carbocycles. The van der Waals surface area contributed by atoms with Crippen molar-refractivity contribution in [2.45, 2.75) is 19.1 Å². The number of ether oxygens (including phenoxy) is 1. The zero-order valence-electron chi connectivity index (χ0n) is 13.0. The van der Waals surface area contributed by atoms with Crippen LogP contribution in [0.5, 0.6) is 5.75 Å². The summed E-state index contributed by atoms with van der Waals surface area (Å²) in [6.45, 7) is 1.10. The number of aromatic nitrogens is 1. The van der Waals surface area contributed by atoms with Crippen molar-refractivity contribution in [3.63, 3.8) is 0 Å². The molecular formula is C19H17F3NO+. The minimum Gasteiger partial charge on any atom is -0.493 e. The summed E-state index contributed by atoms with van der Waals surface area (Å²) in [5.41, 5.74) is -0.691. The first-order valence-electron chi connectivity index (χ1n) is 7.70. The Balaban J connectivity index is 1.55. The van der Waals surface area contributed by atoms with Crippen LogP contribution in [0.15, 0.2) is 67.0 Å². The minimum absolute atomic E-state index is 0.244. The normalized spacial score (nSPS) is 11.6. The van der Waals surface area contributed by atoms with E-state index in [0.717, 1.165) is 24.1 Å². The highest BCUT2D eigenvalue weighted by atomic mass is 19.4. The van der Waals surface area contributed by atoms with Crippen LogP contribution >= 0.6 is 0 Å². The van der Waals surface area contributed by atoms with E-state index in [1.807, 2.05) is 30.5 Å². The Kier molecular flexibility index (Phi) is 4.69. The maximum atomic E-state index is 12.6. The second kappa shape index (κ2) is 6.91. The van der Waals surface area contributed by atoms with Gasteiger partial charge in [0.05, 0.1) is 12.2 Å². The molecule has 1 aromatic heterocycles. The van der Waals surface area contributed by atoms with Crippen molar-refractivity contribution in [1.82, 2.24) is 0 Å². The van der Waals surface area contributed by atoms with Crippen molar-refractivity contribution in [1.29, 1.82) is 0 Å². The van der Waals surface area contributed by atoms with Gasteiger partial charge in [0.2, 0.25) is 0 Å². The molecule has 24 heavy (non-hydrogen) atoms. The zero-order chi connectivity index (χ0) is 17.0. The first-order chi connectivity index (χ1) is 11.5. The fraction of sp³-hybridized carbons (Fsp3) is 0.211. The number of hydrogen-bond acceptors (Lipinski definition) is 1. The summed E-state index contributed by atoms with van der Waals surface area (Å²) in [7, 11) is 0. The lowest BCUT2D eigenvalue weighted by Gasteiger charge is -2.09. The lowest BCUT2D eigenvalue weighted by atomic mass is 10.2. The summed E-state index contributed by atoms with van der Waals surface area (Å²) in [6.07, 6.45) is 0.409. The van der Waals surface area contributed by atoms with Crippen LogP contribution in [0.2, 0.25) is 0 Å². The van der Waals surface area contributed by atoms with Crippen molar-refractivity contribution >= 4 is 10.8 Å². The number of aryl methyl sites for hydroxylation is 1. The highest BCUT2D eigenvalue weighted by molar-refractivity contribution is 5.80. The fourth-order valence-electron chi connectivity index (χ4n) is 2.52. The molecule has 0 aliphatic rings. The van der Waals surface area contributed by atoms with Crippen LogP contribution in [0, 0.1) is 0 Å². The van der Waals surface area contributed by atoms with Crippen LogP contribution < -0.4 is 9.30 Å². The van der Waals surface area contributed by atoms with Gasteiger partial charge in [-0.05, 0) is 29.7 Å². The molecule has 0 fully saturated rings. The molecule has 0 spiro atoms. The number of alkyl halides is 3. The van der Waals surface area contributed by atoms with Gasteiger partial charge in [0.25, 0.3) is 0 Å². The van der Waals surface area contributed by atoms with Gasteiger partial charge >= 0.3 is 6.18 Å². The van der Waals surface area contributed by atoms with Crippen molar-refractivity contribution in [3.8, 4) is 5.75 Å². The van der Waals surface area contributed by atoms with E-state index < -0.39 is 11.7 Å². The van der Waals surface area contributed by atoms with E-state index in [9.17, 15) is 13.2 Å². The maximum absolute atomic E-state index is 12.6. The molecule has 2 nitrogen and oxygen atoms in total. The highest BCUT2D eigenvalue weighted by Gasteiger charge is 2.30. The van der Waals surface area contributed by atoms with E-state index >= 15 is 0 Å². The molecule has 0 aliphatic carbocycles.